The number of aryl methyl sites for hydroxylation is 2. The zero-order valence-corrected chi connectivity index (χ0v) is 24.6. The predicted molar refractivity (Wildman–Crippen MR) is 163 cm³/mol. The Morgan fingerprint density at radius 3 is 2.55 bits per heavy atom. The molecule has 8 nitrogen and oxygen atoms in total. The van der Waals surface area contributed by atoms with E-state index in [-0.39, 0.29) is 11.3 Å². The van der Waals surface area contributed by atoms with Gasteiger partial charge in [0, 0.05) is 5.56 Å². The van der Waals surface area contributed by atoms with Crippen molar-refractivity contribution in [3.05, 3.63) is 82.4 Å². The highest BCUT2D eigenvalue weighted by Gasteiger charge is 2.48. The summed E-state index contributed by atoms with van der Waals surface area (Å²) in [4.78, 5) is 33.6. The van der Waals surface area contributed by atoms with Crippen molar-refractivity contribution in [3.8, 4) is 17.2 Å². The number of hydrogen-bond donors (Lipinski definition) is 1. The Balaban J connectivity index is 1.46. The Bertz CT molecular complexity index is 1710. The molecule has 3 aromatic carbocycles. The predicted octanol–water partition coefficient (Wildman–Crippen LogP) is 6.88. The van der Waals surface area contributed by atoms with Crippen LogP contribution >= 0.6 is 11.3 Å². The number of carbonyl (C=O) groups excluding carboxylic acids is 2. The number of unbranched alkanes of at least 4 members (excludes halogenated alkanes) is 2. The van der Waals surface area contributed by atoms with Crippen LogP contribution in [0.2, 0.25) is 0 Å². The molecule has 2 aliphatic rings. The molecule has 1 unspecified atom stereocenters. The summed E-state index contributed by atoms with van der Waals surface area (Å²) < 4.78 is 18.1. The van der Waals surface area contributed by atoms with Crippen LogP contribution in [0, 0.1) is 13.8 Å². The lowest BCUT2D eigenvalue weighted by Gasteiger charge is -2.23. The fraction of sp³-hybridized carbons (Fsp3) is 0.303. The summed E-state index contributed by atoms with van der Waals surface area (Å²) in [5, 5.41) is 12.0. The molecule has 3 heterocycles. The third-order valence-electron chi connectivity index (χ3n) is 7.50. The van der Waals surface area contributed by atoms with Crippen molar-refractivity contribution < 1.29 is 28.9 Å². The first-order valence-electron chi connectivity index (χ1n) is 14.2. The molecule has 0 spiro atoms. The Kier molecular flexibility index (Phi) is 7.60. The second-order valence-electron chi connectivity index (χ2n) is 10.6. The number of ketones is 1. The van der Waals surface area contributed by atoms with Gasteiger partial charge in [-0.2, -0.15) is 0 Å². The van der Waals surface area contributed by atoms with Crippen LogP contribution in [-0.4, -0.2) is 41.6 Å². The molecule has 0 saturated carbocycles. The monoisotopic (exact) mass is 584 g/mol. The average Bonchev–Trinajstić information content (AvgIpc) is 3.53. The molecule has 216 valence electrons. The van der Waals surface area contributed by atoms with Crippen molar-refractivity contribution in [1.29, 1.82) is 0 Å². The molecule has 1 N–H and O–H groups in total. The normalized spacial score (nSPS) is 17.7. The lowest BCUT2D eigenvalue weighted by molar-refractivity contribution is -0.132. The maximum absolute atomic E-state index is 13.7. The molecule has 6 rings (SSSR count). The number of nitrogens with zero attached hydrogens (tertiary/aromatic N) is 2. The van der Waals surface area contributed by atoms with Gasteiger partial charge in [-0.15, -0.1) is 0 Å². The van der Waals surface area contributed by atoms with Crippen LogP contribution < -0.4 is 19.1 Å². The van der Waals surface area contributed by atoms with Crippen molar-refractivity contribution >= 4 is 44.1 Å². The largest absolute Gasteiger partial charge is 0.507 e. The fourth-order valence-corrected chi connectivity index (χ4v) is 6.61. The van der Waals surface area contributed by atoms with E-state index in [1.165, 1.54) is 16.2 Å². The highest BCUT2D eigenvalue weighted by Crippen LogP contribution is 2.45. The van der Waals surface area contributed by atoms with Gasteiger partial charge in [0.25, 0.3) is 5.78 Å². The van der Waals surface area contributed by atoms with E-state index in [1.54, 1.807) is 18.2 Å². The Morgan fingerprint density at radius 2 is 1.79 bits per heavy atom. The maximum atomic E-state index is 13.7. The van der Waals surface area contributed by atoms with Gasteiger partial charge in [0.15, 0.2) is 16.6 Å². The van der Waals surface area contributed by atoms with Crippen molar-refractivity contribution in [2.45, 2.75) is 46.1 Å². The molecule has 1 aromatic heterocycles. The van der Waals surface area contributed by atoms with E-state index >= 15 is 0 Å². The number of anilines is 1. The molecule has 42 heavy (non-hydrogen) atoms. The topological polar surface area (TPSA) is 98.2 Å². The molecular formula is C33H32N2O6S. The first-order valence-corrected chi connectivity index (χ1v) is 15.0. The number of carbonyl (C=O) groups is 2. The summed E-state index contributed by atoms with van der Waals surface area (Å²) in [5.74, 6) is -0.0791. The van der Waals surface area contributed by atoms with E-state index in [0.29, 0.717) is 53.3 Å². The van der Waals surface area contributed by atoms with Crippen molar-refractivity contribution in [1.82, 2.24) is 4.98 Å². The number of aliphatic hydroxyl groups is 1. The van der Waals surface area contributed by atoms with E-state index in [9.17, 15) is 14.7 Å². The number of fused-ring (bicyclic) bond motifs is 2. The maximum Gasteiger partial charge on any atom is 0.301 e. The smallest absolute Gasteiger partial charge is 0.301 e. The number of Topliss-reactive ketones (excluding diaryl/α,β-unsaturated/α-hetero) is 1. The van der Waals surface area contributed by atoms with Crippen molar-refractivity contribution in [2.75, 3.05) is 24.7 Å². The molecule has 1 saturated heterocycles. The quantitative estimate of drug-likeness (QED) is 0.104. The first-order chi connectivity index (χ1) is 20.4. The summed E-state index contributed by atoms with van der Waals surface area (Å²) >= 11 is 1.35. The first kappa shape index (κ1) is 27.8. The number of amides is 1. The van der Waals surface area contributed by atoms with Gasteiger partial charge in [-0.3, -0.25) is 14.5 Å². The van der Waals surface area contributed by atoms with Crippen LogP contribution in [0.25, 0.3) is 16.0 Å². The Hall–Kier alpha value is -4.37. The van der Waals surface area contributed by atoms with Crippen LogP contribution in [0.1, 0.15) is 54.5 Å². The third kappa shape index (κ3) is 5.09. The molecule has 1 atom stereocenters. The Labute approximate surface area is 248 Å². The molecule has 1 fully saturated rings. The van der Waals surface area contributed by atoms with Gasteiger partial charge >= 0.3 is 5.91 Å². The summed E-state index contributed by atoms with van der Waals surface area (Å²) in [6.07, 6.45) is 3.16. The van der Waals surface area contributed by atoms with Gasteiger partial charge in [-0.05, 0) is 73.4 Å². The standard InChI is InChI=1S/C33H32N2O6S/c1-4-5-6-13-39-23-10-7-21(8-11-23)29-27(30(36)22-9-12-24-25(18-22)41-15-14-40-24)31(37)32(38)35(29)33-34-28-20(3)16-19(2)17-26(28)42-33/h7-12,16-18,29,36H,4-6,13-15H2,1-3H3/b30-27+. The highest BCUT2D eigenvalue weighted by molar-refractivity contribution is 7.22. The molecular weight excluding hydrogens is 552 g/mol. The number of benzene rings is 3. The molecule has 4 aromatic rings. The zero-order valence-electron chi connectivity index (χ0n) is 23.8. The minimum absolute atomic E-state index is 0.0135. The number of ether oxygens (including phenoxy) is 3. The zero-order chi connectivity index (χ0) is 29.4. The van der Waals surface area contributed by atoms with Gasteiger partial charge < -0.3 is 19.3 Å². The SMILES string of the molecule is CCCCCOc1ccc(C2/C(=C(\O)c3ccc4c(c3)OCCO4)C(=O)C(=O)N2c2nc3c(C)cc(C)cc3s2)cc1. The Morgan fingerprint density at radius 1 is 1.02 bits per heavy atom. The van der Waals surface area contributed by atoms with Crippen LogP contribution in [-0.2, 0) is 9.59 Å². The second-order valence-corrected chi connectivity index (χ2v) is 11.6. The summed E-state index contributed by atoms with van der Waals surface area (Å²) in [6.45, 7) is 7.56. The van der Waals surface area contributed by atoms with E-state index in [4.69, 9.17) is 19.2 Å². The summed E-state index contributed by atoms with van der Waals surface area (Å²) in [7, 11) is 0. The van der Waals surface area contributed by atoms with E-state index in [0.717, 1.165) is 40.6 Å². The molecule has 0 radical (unpaired) electrons. The van der Waals surface area contributed by atoms with Gasteiger partial charge in [0.1, 0.15) is 24.7 Å². The molecule has 0 bridgehead atoms. The molecule has 2 aliphatic heterocycles. The van der Waals surface area contributed by atoms with E-state index in [2.05, 4.69) is 6.92 Å². The van der Waals surface area contributed by atoms with Crippen LogP contribution in [0.5, 0.6) is 17.2 Å². The van der Waals surface area contributed by atoms with Gasteiger partial charge in [0.2, 0.25) is 0 Å². The fourth-order valence-electron chi connectivity index (χ4n) is 5.44. The van der Waals surface area contributed by atoms with Crippen molar-refractivity contribution in [2.24, 2.45) is 0 Å². The van der Waals surface area contributed by atoms with Crippen LogP contribution in [0.3, 0.4) is 0 Å². The lowest BCUT2D eigenvalue weighted by Crippen LogP contribution is -2.29. The number of thiazole rings is 1. The number of aliphatic hydroxyl groups excluding tert-OH is 1. The summed E-state index contributed by atoms with van der Waals surface area (Å²) in [6, 6.07) is 15.5. The second kappa shape index (κ2) is 11.5. The molecule has 9 heteroatoms. The number of hydrogen-bond acceptors (Lipinski definition) is 8. The van der Waals surface area contributed by atoms with E-state index in [1.807, 2.05) is 50.2 Å². The van der Waals surface area contributed by atoms with E-state index < -0.39 is 17.7 Å². The van der Waals surface area contributed by atoms with Crippen LogP contribution in [0.15, 0.2) is 60.2 Å². The van der Waals surface area contributed by atoms with Gasteiger partial charge in [-0.1, -0.05) is 49.3 Å². The van der Waals surface area contributed by atoms with Crippen LogP contribution in [0.4, 0.5) is 5.13 Å². The number of aromatic nitrogens is 1. The summed E-state index contributed by atoms with van der Waals surface area (Å²) in [5.41, 5.74) is 3.85. The molecule has 0 aliphatic carbocycles. The highest BCUT2D eigenvalue weighted by atomic mass is 32.1. The average molecular weight is 585 g/mol. The van der Waals surface area contributed by atoms with Crippen molar-refractivity contribution in [3.63, 3.8) is 0 Å². The minimum atomic E-state index is -0.894. The van der Waals surface area contributed by atoms with Gasteiger partial charge in [-0.25, -0.2) is 4.98 Å². The minimum Gasteiger partial charge on any atom is -0.507 e. The van der Waals surface area contributed by atoms with Gasteiger partial charge in [0.05, 0.1) is 28.4 Å². The number of rotatable bonds is 8. The third-order valence-corrected chi connectivity index (χ3v) is 8.50. The lowest BCUT2D eigenvalue weighted by atomic mass is 9.95. The molecule has 1 amide bonds.